The molecule has 13 heteroatoms. The molecule has 10 nitrogen and oxygen atoms in total. The molecule has 1 aromatic carbocycles. The van der Waals surface area contributed by atoms with Gasteiger partial charge in [0.2, 0.25) is 11.9 Å². The van der Waals surface area contributed by atoms with Crippen molar-refractivity contribution < 1.29 is 27.4 Å². The number of fused-ring (bicyclic) bond motifs is 1. The second kappa shape index (κ2) is 7.26. The molecule has 2 heterocycles. The zero-order valence-electron chi connectivity index (χ0n) is 14.9. The van der Waals surface area contributed by atoms with Crippen molar-refractivity contribution in [2.75, 3.05) is 18.2 Å². The minimum Gasteiger partial charge on any atom is -0.491 e. The Bertz CT molecular complexity index is 1140. The molecule has 3 N–H and O–H groups in total. The van der Waals surface area contributed by atoms with Gasteiger partial charge >= 0.3 is 6.36 Å². The average molecular weight is 410 g/mol. The zero-order chi connectivity index (χ0) is 21.3. The van der Waals surface area contributed by atoms with Gasteiger partial charge in [-0.15, -0.1) is 13.2 Å². The van der Waals surface area contributed by atoms with Crippen LogP contribution in [0.15, 0.2) is 29.3 Å². The summed E-state index contributed by atoms with van der Waals surface area (Å²) in [5, 5.41) is 2.34. The molecule has 0 saturated carbocycles. The molecule has 0 aliphatic heterocycles. The molecule has 0 aliphatic carbocycles. The van der Waals surface area contributed by atoms with Gasteiger partial charge < -0.3 is 15.2 Å². The number of nitrogen functional groups attached to an aromatic ring is 1. The fourth-order valence-corrected chi connectivity index (χ4v) is 2.44. The molecule has 0 aliphatic rings. The number of ether oxygens (including phenoxy) is 2. The van der Waals surface area contributed by atoms with E-state index in [-0.39, 0.29) is 28.4 Å². The molecule has 0 bridgehead atoms. The fraction of sp³-hybridized carbons (Fsp3) is 0.188. The predicted molar refractivity (Wildman–Crippen MR) is 94.6 cm³/mol. The Balaban J connectivity index is 2.10. The van der Waals surface area contributed by atoms with E-state index in [1.807, 2.05) is 0 Å². The molecule has 0 spiro atoms. The third-order valence-electron chi connectivity index (χ3n) is 3.75. The Morgan fingerprint density at radius 3 is 2.48 bits per heavy atom. The monoisotopic (exact) mass is 410 g/mol. The van der Waals surface area contributed by atoms with Crippen LogP contribution in [0.2, 0.25) is 0 Å². The zero-order valence-corrected chi connectivity index (χ0v) is 14.9. The van der Waals surface area contributed by atoms with Crippen molar-refractivity contribution in [1.29, 1.82) is 0 Å². The summed E-state index contributed by atoms with van der Waals surface area (Å²) < 4.78 is 47.8. The van der Waals surface area contributed by atoms with E-state index in [1.54, 1.807) is 0 Å². The minimum absolute atomic E-state index is 0.0228. The largest absolute Gasteiger partial charge is 0.573 e. The molecule has 0 radical (unpaired) electrons. The van der Waals surface area contributed by atoms with Crippen LogP contribution >= 0.6 is 0 Å². The number of nitrogens with zero attached hydrogens (tertiary/aromatic N) is 4. The van der Waals surface area contributed by atoms with Gasteiger partial charge in [0.15, 0.2) is 11.5 Å². The summed E-state index contributed by atoms with van der Waals surface area (Å²) in [4.78, 5) is 36.4. The number of nitrogens with two attached hydrogens (primary N) is 1. The summed E-state index contributed by atoms with van der Waals surface area (Å²) >= 11 is 0. The molecule has 0 saturated heterocycles. The summed E-state index contributed by atoms with van der Waals surface area (Å²) in [5.74, 6) is -2.10. The van der Waals surface area contributed by atoms with Crippen molar-refractivity contribution in [2.45, 2.75) is 6.36 Å². The maximum atomic E-state index is 12.6. The van der Waals surface area contributed by atoms with Crippen LogP contribution in [0.1, 0.15) is 10.4 Å². The van der Waals surface area contributed by atoms with Crippen LogP contribution in [-0.2, 0) is 7.05 Å². The highest BCUT2D eigenvalue weighted by Gasteiger charge is 2.33. The molecular weight excluding hydrogens is 397 g/mol. The normalized spacial score (nSPS) is 11.3. The van der Waals surface area contributed by atoms with Crippen LogP contribution in [-0.4, -0.2) is 38.9 Å². The average Bonchev–Trinajstić information content (AvgIpc) is 2.65. The quantitative estimate of drug-likeness (QED) is 0.660. The summed E-state index contributed by atoms with van der Waals surface area (Å²) in [7, 11) is 2.43. The second-order valence-corrected chi connectivity index (χ2v) is 5.62. The maximum absolute atomic E-state index is 12.6. The second-order valence-electron chi connectivity index (χ2n) is 5.62. The summed E-state index contributed by atoms with van der Waals surface area (Å²) in [6, 6.07) is 2.06. The highest BCUT2D eigenvalue weighted by molar-refractivity contribution is 6.03. The number of aromatic nitrogens is 4. The molecule has 1 amide bonds. The Morgan fingerprint density at radius 1 is 1.24 bits per heavy atom. The van der Waals surface area contributed by atoms with Gasteiger partial charge in [-0.05, 0) is 12.1 Å². The lowest BCUT2D eigenvalue weighted by molar-refractivity contribution is -0.275. The molecular formula is C16H13F3N6O4. The van der Waals surface area contributed by atoms with Gasteiger partial charge in [0.25, 0.3) is 11.5 Å². The molecule has 0 unspecified atom stereocenters. The van der Waals surface area contributed by atoms with Crippen LogP contribution in [0.5, 0.6) is 11.5 Å². The van der Waals surface area contributed by atoms with Gasteiger partial charge in [0.05, 0.1) is 18.1 Å². The van der Waals surface area contributed by atoms with E-state index in [9.17, 15) is 22.8 Å². The molecule has 29 heavy (non-hydrogen) atoms. The third kappa shape index (κ3) is 4.02. The number of carbonyl (C=O) groups is 1. The molecule has 0 atom stereocenters. The number of halogens is 3. The number of hydrogen-bond donors (Lipinski definition) is 2. The number of amides is 1. The lowest BCUT2D eigenvalue weighted by Crippen LogP contribution is -2.25. The number of rotatable bonds is 4. The van der Waals surface area contributed by atoms with Crippen molar-refractivity contribution >= 4 is 28.7 Å². The number of methoxy groups -OCH3 is 1. The van der Waals surface area contributed by atoms with E-state index in [2.05, 4.69) is 25.0 Å². The van der Waals surface area contributed by atoms with Crippen LogP contribution < -0.4 is 26.1 Å². The van der Waals surface area contributed by atoms with E-state index in [0.717, 1.165) is 36.2 Å². The molecule has 0 fully saturated rings. The summed E-state index contributed by atoms with van der Waals surface area (Å²) in [5.41, 5.74) is 4.53. The Kier molecular flexibility index (Phi) is 4.97. The standard InChI is InChI=1S/C16H13F3N6O4/c1-25-13(27)8-3-4-9(29-16(17,18)19)11(28-2)10(8)23-15(25)24-12(26)7-5-21-14(20)22-6-7/h3-6H,1-2H3,(H2,20,21,22)(H,23,24,26). The molecule has 2 aromatic heterocycles. The van der Waals surface area contributed by atoms with E-state index >= 15 is 0 Å². The van der Waals surface area contributed by atoms with Crippen LogP contribution in [0.25, 0.3) is 10.9 Å². The predicted octanol–water partition coefficient (Wildman–Crippen LogP) is 1.47. The van der Waals surface area contributed by atoms with Gasteiger partial charge in [0, 0.05) is 19.4 Å². The van der Waals surface area contributed by atoms with Crippen LogP contribution in [0.3, 0.4) is 0 Å². The maximum Gasteiger partial charge on any atom is 0.573 e. The Labute approximate surface area is 160 Å². The first-order valence-corrected chi connectivity index (χ1v) is 7.83. The van der Waals surface area contributed by atoms with Crippen molar-refractivity contribution in [3.63, 3.8) is 0 Å². The van der Waals surface area contributed by atoms with Crippen molar-refractivity contribution in [3.8, 4) is 11.5 Å². The van der Waals surface area contributed by atoms with Gasteiger partial charge in [0.1, 0.15) is 5.52 Å². The number of benzene rings is 1. The molecule has 3 aromatic rings. The van der Waals surface area contributed by atoms with Gasteiger partial charge in [-0.25, -0.2) is 15.0 Å². The van der Waals surface area contributed by atoms with Crippen LogP contribution in [0, 0.1) is 0 Å². The first kappa shape index (κ1) is 19.9. The van der Waals surface area contributed by atoms with E-state index < -0.39 is 29.3 Å². The summed E-state index contributed by atoms with van der Waals surface area (Å²) in [6.07, 6.45) is -2.66. The Morgan fingerprint density at radius 2 is 1.90 bits per heavy atom. The smallest absolute Gasteiger partial charge is 0.491 e. The first-order valence-electron chi connectivity index (χ1n) is 7.83. The van der Waals surface area contributed by atoms with Crippen LogP contribution in [0.4, 0.5) is 25.1 Å². The van der Waals surface area contributed by atoms with Crippen molar-refractivity contribution in [3.05, 3.63) is 40.4 Å². The lowest BCUT2D eigenvalue weighted by atomic mass is 10.2. The van der Waals surface area contributed by atoms with E-state index in [4.69, 9.17) is 10.5 Å². The first-order chi connectivity index (χ1) is 13.6. The SMILES string of the molecule is COc1c(OC(F)(F)F)ccc2c(=O)n(C)c(NC(=O)c3cnc(N)nc3)nc12. The van der Waals surface area contributed by atoms with E-state index in [1.165, 1.54) is 7.05 Å². The minimum atomic E-state index is -4.98. The third-order valence-corrected chi connectivity index (χ3v) is 3.75. The van der Waals surface area contributed by atoms with E-state index in [0.29, 0.717) is 0 Å². The van der Waals surface area contributed by atoms with Crippen molar-refractivity contribution in [2.24, 2.45) is 7.05 Å². The van der Waals surface area contributed by atoms with Gasteiger partial charge in [-0.2, -0.15) is 0 Å². The lowest BCUT2D eigenvalue weighted by Gasteiger charge is -2.15. The number of carbonyl (C=O) groups excluding carboxylic acids is 1. The van der Waals surface area contributed by atoms with Gasteiger partial charge in [-0.1, -0.05) is 0 Å². The number of alkyl halides is 3. The number of hydrogen-bond acceptors (Lipinski definition) is 8. The number of anilines is 2. The Hall–Kier alpha value is -3.90. The molecule has 152 valence electrons. The van der Waals surface area contributed by atoms with Crippen molar-refractivity contribution in [1.82, 2.24) is 19.5 Å². The molecule has 3 rings (SSSR count). The topological polar surface area (TPSA) is 134 Å². The summed E-state index contributed by atoms with van der Waals surface area (Å²) in [6.45, 7) is 0. The van der Waals surface area contributed by atoms with Gasteiger partial charge in [-0.3, -0.25) is 19.5 Å². The fourth-order valence-electron chi connectivity index (χ4n) is 2.44. The number of nitrogens with one attached hydrogen (secondary N) is 1. The highest BCUT2D eigenvalue weighted by Crippen LogP contribution is 2.36. The highest BCUT2D eigenvalue weighted by atomic mass is 19.4.